The number of carbonyl (C=O) groups is 1. The zero-order valence-electron chi connectivity index (χ0n) is 18.3. The standard InChI is InChI=1S/C25H22FN5O2/c1-25(2)15-23(33)29(16-25)18-8-9-20(19(26)14-18)30-13-11-22(32)24(28-30)21-10-12-27-31(21)17-6-4-3-5-7-17/h3-14H,15-16H2,1-2H3. The number of carbonyl (C=O) groups excluding carboxylic acids is 1. The van der Waals surface area contributed by atoms with Crippen LogP contribution in [0.1, 0.15) is 20.3 Å². The molecule has 33 heavy (non-hydrogen) atoms. The van der Waals surface area contributed by atoms with Gasteiger partial charge in [-0.3, -0.25) is 9.59 Å². The molecule has 2 aromatic heterocycles. The number of halogens is 1. The van der Waals surface area contributed by atoms with E-state index in [1.807, 2.05) is 44.2 Å². The number of anilines is 1. The predicted octanol–water partition coefficient (Wildman–Crippen LogP) is 3.99. The lowest BCUT2D eigenvalue weighted by Crippen LogP contribution is -2.26. The van der Waals surface area contributed by atoms with Gasteiger partial charge in [0.15, 0.2) is 11.5 Å². The Labute approximate surface area is 189 Å². The minimum atomic E-state index is -0.538. The van der Waals surface area contributed by atoms with E-state index in [1.54, 1.807) is 34.0 Å². The monoisotopic (exact) mass is 443 g/mol. The second-order valence-corrected chi connectivity index (χ2v) is 8.89. The Morgan fingerprint density at radius 1 is 0.970 bits per heavy atom. The highest BCUT2D eigenvalue weighted by molar-refractivity contribution is 5.96. The van der Waals surface area contributed by atoms with E-state index in [0.29, 0.717) is 24.3 Å². The van der Waals surface area contributed by atoms with Crippen molar-refractivity contribution in [2.75, 3.05) is 11.4 Å². The molecule has 2 aromatic carbocycles. The molecule has 0 aliphatic carbocycles. The first-order chi connectivity index (χ1) is 15.8. The number of rotatable bonds is 4. The van der Waals surface area contributed by atoms with Crippen LogP contribution in [0.15, 0.2) is 77.9 Å². The molecule has 0 radical (unpaired) electrons. The topological polar surface area (TPSA) is 73.0 Å². The maximum Gasteiger partial charge on any atom is 0.227 e. The molecule has 1 saturated heterocycles. The van der Waals surface area contributed by atoms with Crippen LogP contribution >= 0.6 is 0 Å². The van der Waals surface area contributed by atoms with Crippen molar-refractivity contribution in [2.24, 2.45) is 5.41 Å². The number of para-hydroxylation sites is 1. The molecule has 0 bridgehead atoms. The third-order valence-electron chi connectivity index (χ3n) is 5.70. The van der Waals surface area contributed by atoms with Crippen molar-refractivity contribution in [1.29, 1.82) is 0 Å². The molecule has 4 aromatic rings. The average molecular weight is 443 g/mol. The maximum atomic E-state index is 15.1. The Morgan fingerprint density at radius 3 is 2.45 bits per heavy atom. The van der Waals surface area contributed by atoms with Crippen molar-refractivity contribution in [2.45, 2.75) is 20.3 Å². The van der Waals surface area contributed by atoms with Crippen molar-refractivity contribution in [3.63, 3.8) is 0 Å². The first-order valence-electron chi connectivity index (χ1n) is 10.6. The number of amides is 1. The van der Waals surface area contributed by atoms with Crippen molar-refractivity contribution in [1.82, 2.24) is 19.6 Å². The lowest BCUT2D eigenvalue weighted by atomic mass is 9.93. The minimum Gasteiger partial charge on any atom is -0.312 e. The Balaban J connectivity index is 1.53. The Morgan fingerprint density at radius 2 is 1.76 bits per heavy atom. The summed E-state index contributed by atoms with van der Waals surface area (Å²) in [6, 6.07) is 17.0. The molecule has 5 rings (SSSR count). The summed E-state index contributed by atoms with van der Waals surface area (Å²) < 4.78 is 18.1. The summed E-state index contributed by atoms with van der Waals surface area (Å²) in [5.74, 6) is -0.561. The fraction of sp³-hybridized carbons (Fsp3) is 0.200. The molecule has 0 unspecified atom stereocenters. The summed E-state index contributed by atoms with van der Waals surface area (Å²) in [6.45, 7) is 4.57. The molecular weight excluding hydrogens is 421 g/mol. The van der Waals surface area contributed by atoms with Crippen LogP contribution in [-0.2, 0) is 4.79 Å². The van der Waals surface area contributed by atoms with Crippen LogP contribution in [0.4, 0.5) is 10.1 Å². The second-order valence-electron chi connectivity index (χ2n) is 8.89. The molecule has 0 spiro atoms. The summed E-state index contributed by atoms with van der Waals surface area (Å²) in [5, 5.41) is 8.74. The summed E-state index contributed by atoms with van der Waals surface area (Å²) in [4.78, 5) is 26.6. The largest absolute Gasteiger partial charge is 0.312 e. The van der Waals surface area contributed by atoms with E-state index in [1.165, 1.54) is 23.0 Å². The predicted molar refractivity (Wildman–Crippen MR) is 123 cm³/mol. The first kappa shape index (κ1) is 20.8. The van der Waals surface area contributed by atoms with Gasteiger partial charge in [0.2, 0.25) is 11.3 Å². The summed E-state index contributed by atoms with van der Waals surface area (Å²) >= 11 is 0. The van der Waals surface area contributed by atoms with Gasteiger partial charge in [-0.05, 0) is 41.8 Å². The van der Waals surface area contributed by atoms with E-state index in [-0.39, 0.29) is 28.1 Å². The van der Waals surface area contributed by atoms with E-state index in [9.17, 15) is 9.59 Å². The third-order valence-corrected chi connectivity index (χ3v) is 5.70. The van der Waals surface area contributed by atoms with Gasteiger partial charge in [0.25, 0.3) is 0 Å². The van der Waals surface area contributed by atoms with Crippen LogP contribution < -0.4 is 10.3 Å². The van der Waals surface area contributed by atoms with Gasteiger partial charge in [0.1, 0.15) is 5.69 Å². The number of hydrogen-bond donors (Lipinski definition) is 0. The molecule has 0 atom stereocenters. The van der Waals surface area contributed by atoms with E-state index < -0.39 is 5.82 Å². The van der Waals surface area contributed by atoms with Gasteiger partial charge in [-0.25, -0.2) is 13.8 Å². The van der Waals surface area contributed by atoms with Gasteiger partial charge < -0.3 is 4.90 Å². The van der Waals surface area contributed by atoms with Crippen molar-refractivity contribution in [3.05, 3.63) is 89.1 Å². The van der Waals surface area contributed by atoms with Crippen LogP contribution in [-0.4, -0.2) is 32.0 Å². The zero-order chi connectivity index (χ0) is 23.2. The van der Waals surface area contributed by atoms with Crippen molar-refractivity contribution >= 4 is 11.6 Å². The molecule has 1 amide bonds. The van der Waals surface area contributed by atoms with Crippen LogP contribution in [0.2, 0.25) is 0 Å². The molecule has 166 valence electrons. The Kier molecular flexibility index (Phi) is 4.92. The number of hydrogen-bond acceptors (Lipinski definition) is 4. The average Bonchev–Trinajstić information content (AvgIpc) is 3.38. The quantitative estimate of drug-likeness (QED) is 0.478. The number of nitrogens with zero attached hydrogens (tertiary/aromatic N) is 5. The fourth-order valence-corrected chi connectivity index (χ4v) is 4.14. The summed E-state index contributed by atoms with van der Waals surface area (Å²) in [7, 11) is 0. The highest BCUT2D eigenvalue weighted by Gasteiger charge is 2.36. The molecule has 0 saturated carbocycles. The van der Waals surface area contributed by atoms with Gasteiger partial charge in [-0.15, -0.1) is 0 Å². The SMILES string of the molecule is CC1(C)CC(=O)N(c2ccc(-n3ccc(=O)c(-c4ccnn4-c4ccccc4)n3)c(F)c2)C1. The molecule has 1 aliphatic heterocycles. The highest BCUT2D eigenvalue weighted by atomic mass is 19.1. The third kappa shape index (κ3) is 3.84. The van der Waals surface area contributed by atoms with Crippen LogP contribution in [0, 0.1) is 11.2 Å². The van der Waals surface area contributed by atoms with E-state index >= 15 is 4.39 Å². The lowest BCUT2D eigenvalue weighted by molar-refractivity contribution is -0.117. The first-order valence-corrected chi connectivity index (χ1v) is 10.6. The molecule has 8 heteroatoms. The fourth-order valence-electron chi connectivity index (χ4n) is 4.14. The minimum absolute atomic E-state index is 0.0231. The second kappa shape index (κ2) is 7.81. The maximum absolute atomic E-state index is 15.1. The molecule has 1 fully saturated rings. The Hall–Kier alpha value is -4.07. The summed E-state index contributed by atoms with van der Waals surface area (Å²) in [6.07, 6.45) is 3.44. The van der Waals surface area contributed by atoms with Gasteiger partial charge >= 0.3 is 0 Å². The Bertz CT molecular complexity index is 1410. The van der Waals surface area contributed by atoms with E-state index in [2.05, 4.69) is 10.2 Å². The molecule has 1 aliphatic rings. The normalized spacial score (nSPS) is 15.2. The summed E-state index contributed by atoms with van der Waals surface area (Å²) in [5.41, 5.74) is 1.67. The molecular formula is C25H22FN5O2. The van der Waals surface area contributed by atoms with Crippen LogP contribution in [0.3, 0.4) is 0 Å². The van der Waals surface area contributed by atoms with Gasteiger partial charge in [-0.2, -0.15) is 10.2 Å². The lowest BCUT2D eigenvalue weighted by Gasteiger charge is -2.20. The zero-order valence-corrected chi connectivity index (χ0v) is 18.3. The van der Waals surface area contributed by atoms with Gasteiger partial charge in [0.05, 0.1) is 17.6 Å². The van der Waals surface area contributed by atoms with Crippen LogP contribution in [0.25, 0.3) is 22.8 Å². The van der Waals surface area contributed by atoms with Gasteiger partial charge in [0, 0.05) is 30.9 Å². The molecule has 7 nitrogen and oxygen atoms in total. The van der Waals surface area contributed by atoms with Crippen LogP contribution in [0.5, 0.6) is 0 Å². The van der Waals surface area contributed by atoms with Crippen molar-refractivity contribution in [3.8, 4) is 22.8 Å². The number of aromatic nitrogens is 4. The van der Waals surface area contributed by atoms with Crippen molar-refractivity contribution < 1.29 is 9.18 Å². The number of benzene rings is 2. The van der Waals surface area contributed by atoms with E-state index in [0.717, 1.165) is 5.69 Å². The van der Waals surface area contributed by atoms with E-state index in [4.69, 9.17) is 0 Å². The highest BCUT2D eigenvalue weighted by Crippen LogP contribution is 2.34. The molecule has 3 heterocycles. The smallest absolute Gasteiger partial charge is 0.227 e. The van der Waals surface area contributed by atoms with Gasteiger partial charge in [-0.1, -0.05) is 32.0 Å². The molecule has 0 N–H and O–H groups in total.